The van der Waals surface area contributed by atoms with Crippen LogP contribution in [0.5, 0.6) is 0 Å². The molecule has 0 unspecified atom stereocenters. The number of halogens is 1. The van der Waals surface area contributed by atoms with Crippen molar-refractivity contribution in [2.45, 2.75) is 0 Å². The van der Waals surface area contributed by atoms with Crippen LogP contribution in [0.1, 0.15) is 0 Å². The molecule has 0 saturated carbocycles. The van der Waals surface area contributed by atoms with Crippen molar-refractivity contribution in [2.75, 3.05) is 19.5 Å². The molecule has 1 N–H and O–H groups in total. The molecular weight excluding hydrogens is 342 g/mol. The minimum atomic E-state index is -0.830. The van der Waals surface area contributed by atoms with Crippen LogP contribution in [0, 0.1) is 0 Å². The van der Waals surface area contributed by atoms with E-state index in [4.69, 9.17) is 11.6 Å². The minimum absolute atomic E-state index is 0.00378. The lowest BCUT2D eigenvalue weighted by atomic mass is 10.2. The summed E-state index contributed by atoms with van der Waals surface area (Å²) >= 11 is 7.31. The Hall–Kier alpha value is -2.38. The van der Waals surface area contributed by atoms with Crippen molar-refractivity contribution in [3.8, 4) is 0 Å². The summed E-state index contributed by atoms with van der Waals surface area (Å²) in [7, 11) is 2.32. The van der Waals surface area contributed by atoms with E-state index in [1.165, 1.54) is 11.3 Å². The van der Waals surface area contributed by atoms with Gasteiger partial charge in [-0.05, 0) is 12.1 Å². The van der Waals surface area contributed by atoms with Gasteiger partial charge in [-0.15, -0.1) is 11.3 Å². The van der Waals surface area contributed by atoms with E-state index >= 15 is 0 Å². The molecule has 0 saturated heterocycles. The molecule has 2 aromatic rings. The van der Waals surface area contributed by atoms with E-state index in [1.807, 2.05) is 0 Å². The summed E-state index contributed by atoms with van der Waals surface area (Å²) in [6.07, 6.45) is 0.890. The second-order valence-corrected chi connectivity index (χ2v) is 5.93. The number of hydrogen-bond acceptors (Lipinski definition) is 7. The molecule has 0 fully saturated rings. The molecule has 1 heterocycles. The van der Waals surface area contributed by atoms with Crippen LogP contribution in [0.15, 0.2) is 40.8 Å². The average Bonchev–Trinajstić information content (AvgIpc) is 2.56. The van der Waals surface area contributed by atoms with Crippen molar-refractivity contribution < 1.29 is 19.1 Å². The molecule has 23 heavy (non-hydrogen) atoms. The fraction of sp³-hybridized carbons (Fsp3) is 0.133. The third-order valence-electron chi connectivity index (χ3n) is 2.88. The second kappa shape index (κ2) is 7.26. The number of nitrogens with one attached hydrogen (secondary N) is 1. The number of hydrogen-bond donors (Lipinski definition) is 1. The summed E-state index contributed by atoms with van der Waals surface area (Å²) in [6.45, 7) is 0. The van der Waals surface area contributed by atoms with E-state index in [-0.39, 0.29) is 21.1 Å². The lowest BCUT2D eigenvalue weighted by molar-refractivity contribution is -0.138. The van der Waals surface area contributed by atoms with E-state index in [0.717, 1.165) is 20.3 Å². The molecule has 2 rings (SSSR count). The van der Waals surface area contributed by atoms with Gasteiger partial charge < -0.3 is 14.8 Å². The first-order valence-corrected chi connectivity index (χ1v) is 7.53. The number of carbonyl (C=O) groups excluding carboxylic acids is 2. The zero-order valence-electron chi connectivity index (χ0n) is 12.2. The lowest BCUT2D eigenvalue weighted by Crippen LogP contribution is -2.19. The van der Waals surface area contributed by atoms with Gasteiger partial charge in [0.1, 0.15) is 15.7 Å². The maximum absolute atomic E-state index is 12.5. The predicted octanol–water partition coefficient (Wildman–Crippen LogP) is 2.56. The first kappa shape index (κ1) is 17.0. The summed E-state index contributed by atoms with van der Waals surface area (Å²) in [6, 6.07) is 6.93. The van der Waals surface area contributed by atoms with Crippen molar-refractivity contribution in [3.05, 3.63) is 50.6 Å². The third kappa shape index (κ3) is 3.69. The lowest BCUT2D eigenvalue weighted by Gasteiger charge is -2.10. The van der Waals surface area contributed by atoms with Crippen LogP contribution in [-0.4, -0.2) is 26.2 Å². The van der Waals surface area contributed by atoms with Gasteiger partial charge in [0, 0.05) is 10.1 Å². The highest BCUT2D eigenvalue weighted by atomic mass is 35.5. The van der Waals surface area contributed by atoms with Crippen LogP contribution >= 0.6 is 22.9 Å². The highest BCUT2D eigenvalue weighted by Gasteiger charge is 2.18. The summed E-state index contributed by atoms with van der Waals surface area (Å²) in [5.41, 5.74) is -0.638. The molecule has 0 radical (unpaired) electrons. The Labute approximate surface area is 140 Å². The topological polar surface area (TPSA) is 81.7 Å². The van der Waals surface area contributed by atoms with Crippen LogP contribution in [0.3, 0.4) is 0 Å². The maximum Gasteiger partial charge on any atom is 0.354 e. The Morgan fingerprint density at radius 3 is 2.57 bits per heavy atom. The molecule has 8 heteroatoms. The molecule has 0 aliphatic carbocycles. The molecule has 120 valence electrons. The molecule has 0 aliphatic rings. The van der Waals surface area contributed by atoms with Crippen LogP contribution in [-0.2, 0) is 19.1 Å². The van der Waals surface area contributed by atoms with E-state index in [1.54, 1.807) is 24.3 Å². The van der Waals surface area contributed by atoms with Crippen LogP contribution in [0.2, 0.25) is 4.34 Å². The fourth-order valence-corrected chi connectivity index (χ4v) is 3.03. The largest absolute Gasteiger partial charge is 0.466 e. The number of methoxy groups -OCH3 is 2. The fourth-order valence-electron chi connectivity index (χ4n) is 1.79. The number of ether oxygens (including phenoxy) is 2. The smallest absolute Gasteiger partial charge is 0.354 e. The number of carbonyl (C=O) groups is 2. The monoisotopic (exact) mass is 353 g/mol. The molecule has 0 spiro atoms. The van der Waals surface area contributed by atoms with Gasteiger partial charge in [-0.3, -0.25) is 4.79 Å². The molecule has 6 nitrogen and oxygen atoms in total. The maximum atomic E-state index is 12.5. The SMILES string of the molecule is COC(=O)/C=C(/Nc1c(Cl)sc2ccccc2c1=O)C(=O)OC. The standard InChI is InChI=1S/C15H12ClNO5S/c1-21-11(18)7-9(15(20)22-2)17-12-13(19)8-5-3-4-6-10(8)23-14(12)16/h3-7,17H,1-2H3/b9-7+. The van der Waals surface area contributed by atoms with Gasteiger partial charge in [-0.1, -0.05) is 23.7 Å². The molecule has 0 bridgehead atoms. The van der Waals surface area contributed by atoms with E-state index in [2.05, 4.69) is 14.8 Å². The Kier molecular flexibility index (Phi) is 5.36. The molecular formula is C15H12ClNO5S. The molecule has 0 amide bonds. The number of rotatable bonds is 4. The average molecular weight is 354 g/mol. The first-order valence-electron chi connectivity index (χ1n) is 6.34. The number of esters is 2. The van der Waals surface area contributed by atoms with Gasteiger partial charge in [-0.2, -0.15) is 0 Å². The van der Waals surface area contributed by atoms with Crippen molar-refractivity contribution in [2.24, 2.45) is 0 Å². The van der Waals surface area contributed by atoms with E-state index in [9.17, 15) is 14.4 Å². The highest BCUT2D eigenvalue weighted by molar-refractivity contribution is 7.22. The summed E-state index contributed by atoms with van der Waals surface area (Å²) < 4.78 is 9.92. The van der Waals surface area contributed by atoms with Gasteiger partial charge >= 0.3 is 11.9 Å². The van der Waals surface area contributed by atoms with Gasteiger partial charge in [-0.25, -0.2) is 9.59 Å². The normalized spacial score (nSPS) is 11.2. The quantitative estimate of drug-likeness (QED) is 0.672. The summed E-state index contributed by atoms with van der Waals surface area (Å²) in [4.78, 5) is 35.6. The summed E-state index contributed by atoms with van der Waals surface area (Å²) in [5, 5.41) is 3.03. The van der Waals surface area contributed by atoms with Crippen LogP contribution in [0.4, 0.5) is 5.69 Å². The summed E-state index contributed by atoms with van der Waals surface area (Å²) in [5.74, 6) is -1.60. The van der Waals surface area contributed by atoms with Gasteiger partial charge in [0.05, 0.1) is 20.3 Å². The number of benzene rings is 1. The third-order valence-corrected chi connectivity index (χ3v) is 4.26. The molecule has 1 aromatic heterocycles. The van der Waals surface area contributed by atoms with Crippen LogP contribution < -0.4 is 10.7 Å². The van der Waals surface area contributed by atoms with Crippen molar-refractivity contribution in [3.63, 3.8) is 0 Å². The van der Waals surface area contributed by atoms with Gasteiger partial charge in [0.2, 0.25) is 5.43 Å². The Morgan fingerprint density at radius 1 is 1.22 bits per heavy atom. The predicted molar refractivity (Wildman–Crippen MR) is 88.8 cm³/mol. The van der Waals surface area contributed by atoms with Gasteiger partial charge in [0.15, 0.2) is 0 Å². The Bertz CT molecular complexity index is 859. The van der Waals surface area contributed by atoms with Gasteiger partial charge in [0.25, 0.3) is 0 Å². The Balaban J connectivity index is 2.54. The number of fused-ring (bicyclic) bond motifs is 1. The van der Waals surface area contributed by atoms with Crippen molar-refractivity contribution in [1.82, 2.24) is 0 Å². The van der Waals surface area contributed by atoms with Crippen molar-refractivity contribution >= 4 is 50.6 Å². The Morgan fingerprint density at radius 2 is 1.91 bits per heavy atom. The zero-order chi connectivity index (χ0) is 17.0. The zero-order valence-corrected chi connectivity index (χ0v) is 13.8. The van der Waals surface area contributed by atoms with Crippen molar-refractivity contribution in [1.29, 1.82) is 0 Å². The minimum Gasteiger partial charge on any atom is -0.466 e. The highest BCUT2D eigenvalue weighted by Crippen LogP contribution is 2.30. The van der Waals surface area contributed by atoms with E-state index in [0.29, 0.717) is 10.1 Å². The molecule has 0 atom stereocenters. The molecule has 1 aromatic carbocycles. The van der Waals surface area contributed by atoms with E-state index < -0.39 is 11.9 Å². The van der Waals surface area contributed by atoms with Crippen LogP contribution in [0.25, 0.3) is 10.1 Å². The second-order valence-electron chi connectivity index (χ2n) is 4.27. The first-order chi connectivity index (χ1) is 11.0. The molecule has 0 aliphatic heterocycles. The number of anilines is 1.